The molecule has 1 aromatic carbocycles. The summed E-state index contributed by atoms with van der Waals surface area (Å²) in [6, 6.07) is 6.26. The molecule has 1 atom stereocenters. The van der Waals surface area contributed by atoms with Gasteiger partial charge in [0, 0.05) is 38.7 Å². The van der Waals surface area contributed by atoms with Gasteiger partial charge in [-0.05, 0) is 49.8 Å². The number of halogens is 1. The van der Waals surface area contributed by atoms with Crippen LogP contribution >= 0.6 is 24.0 Å². The zero-order chi connectivity index (χ0) is 22.4. The van der Waals surface area contributed by atoms with Crippen LogP contribution in [0.5, 0.6) is 11.5 Å². The average molecular weight is 574 g/mol. The minimum atomic E-state index is -0.0762. The third kappa shape index (κ3) is 7.11. The summed E-state index contributed by atoms with van der Waals surface area (Å²) in [5.41, 5.74) is 1.15. The summed E-state index contributed by atoms with van der Waals surface area (Å²) in [5, 5.41) is 3.60. The molecule has 186 valence electrons. The topological polar surface area (TPSA) is 64.6 Å². The third-order valence-electron chi connectivity index (χ3n) is 6.76. The number of fused-ring (bicyclic) bond motifs is 1. The Balaban J connectivity index is 0.00000306. The second kappa shape index (κ2) is 12.4. The quantitative estimate of drug-likeness (QED) is 0.316. The van der Waals surface area contributed by atoms with Crippen molar-refractivity contribution in [3.63, 3.8) is 0 Å². The zero-order valence-electron chi connectivity index (χ0n) is 20.3. The fourth-order valence-electron chi connectivity index (χ4n) is 4.62. The number of rotatable bonds is 6. The van der Waals surface area contributed by atoms with Crippen LogP contribution < -0.4 is 14.8 Å². The van der Waals surface area contributed by atoms with Gasteiger partial charge in [0.05, 0.1) is 18.8 Å². The molecule has 0 amide bonds. The number of nitrogens with zero attached hydrogens (tertiary/aromatic N) is 2. The lowest BCUT2D eigenvalue weighted by Crippen LogP contribution is -2.49. The van der Waals surface area contributed by atoms with Crippen molar-refractivity contribution in [1.29, 1.82) is 0 Å². The van der Waals surface area contributed by atoms with E-state index in [4.69, 9.17) is 18.9 Å². The molecule has 8 heteroatoms. The Morgan fingerprint density at radius 3 is 2.55 bits per heavy atom. The summed E-state index contributed by atoms with van der Waals surface area (Å²) in [4.78, 5) is 6.89. The van der Waals surface area contributed by atoms with Crippen LogP contribution in [0, 0.1) is 0 Å². The molecule has 7 nitrogen and oxygen atoms in total. The van der Waals surface area contributed by atoms with Gasteiger partial charge in [-0.3, -0.25) is 4.99 Å². The summed E-state index contributed by atoms with van der Waals surface area (Å²) in [6.45, 7) is 10.0. The average Bonchev–Trinajstić information content (AvgIpc) is 2.84. The van der Waals surface area contributed by atoms with Gasteiger partial charge in [0.1, 0.15) is 13.2 Å². The van der Waals surface area contributed by atoms with Crippen molar-refractivity contribution in [2.24, 2.45) is 4.99 Å². The second-order valence-corrected chi connectivity index (χ2v) is 9.65. The number of guanidine groups is 1. The van der Waals surface area contributed by atoms with Gasteiger partial charge in [-0.2, -0.15) is 0 Å². The molecule has 2 saturated heterocycles. The molecular formula is C25H40IN3O4. The molecule has 33 heavy (non-hydrogen) atoms. The summed E-state index contributed by atoms with van der Waals surface area (Å²) in [5.74, 6) is 2.64. The standard InChI is InChI=1S/C25H39N3O4.HI/c1-25(2,19-7-8-22-23(16-19)31-15-14-30-22)18-27-24(26-3)28-11-9-20(10-12-28)32-17-21-6-4-5-13-29-21;/h7-8,16,20-21H,4-6,9-15,17-18H2,1-3H3,(H,26,27);1H. The molecular weight excluding hydrogens is 533 g/mol. The molecule has 4 rings (SSSR count). The van der Waals surface area contributed by atoms with Gasteiger partial charge in [-0.15, -0.1) is 24.0 Å². The summed E-state index contributed by atoms with van der Waals surface area (Å²) in [7, 11) is 1.86. The smallest absolute Gasteiger partial charge is 0.193 e. The van der Waals surface area contributed by atoms with Crippen molar-refractivity contribution in [1.82, 2.24) is 10.2 Å². The Labute approximate surface area is 215 Å². The Morgan fingerprint density at radius 2 is 1.85 bits per heavy atom. The minimum absolute atomic E-state index is 0. The van der Waals surface area contributed by atoms with E-state index in [1.807, 2.05) is 13.1 Å². The molecule has 1 N–H and O–H groups in total. The molecule has 3 heterocycles. The number of hydrogen-bond donors (Lipinski definition) is 1. The highest BCUT2D eigenvalue weighted by molar-refractivity contribution is 14.0. The normalized spacial score (nSPS) is 22.0. The summed E-state index contributed by atoms with van der Waals surface area (Å²) in [6.07, 6.45) is 6.25. The maximum absolute atomic E-state index is 6.17. The predicted octanol–water partition coefficient (Wildman–Crippen LogP) is 3.98. The monoisotopic (exact) mass is 573 g/mol. The first-order valence-corrected chi connectivity index (χ1v) is 12.1. The van der Waals surface area contributed by atoms with E-state index in [9.17, 15) is 0 Å². The van der Waals surface area contributed by atoms with Crippen LogP contribution in [-0.2, 0) is 14.9 Å². The predicted molar refractivity (Wildman–Crippen MR) is 141 cm³/mol. The first-order valence-electron chi connectivity index (χ1n) is 12.1. The molecule has 0 radical (unpaired) electrons. The molecule has 0 saturated carbocycles. The van der Waals surface area contributed by atoms with E-state index in [2.05, 4.69) is 41.2 Å². The fraction of sp³-hybridized carbons (Fsp3) is 0.720. The van der Waals surface area contributed by atoms with Gasteiger partial charge in [-0.1, -0.05) is 19.9 Å². The van der Waals surface area contributed by atoms with Crippen LogP contribution in [0.1, 0.15) is 51.5 Å². The van der Waals surface area contributed by atoms with Gasteiger partial charge >= 0.3 is 0 Å². The Hall–Kier alpha value is -1.26. The Bertz CT molecular complexity index is 775. The third-order valence-corrected chi connectivity index (χ3v) is 6.76. The number of nitrogens with one attached hydrogen (secondary N) is 1. The van der Waals surface area contributed by atoms with Crippen LogP contribution in [0.4, 0.5) is 0 Å². The highest BCUT2D eigenvalue weighted by Gasteiger charge is 2.27. The summed E-state index contributed by atoms with van der Waals surface area (Å²) < 4.78 is 23.4. The molecule has 3 aliphatic heterocycles. The van der Waals surface area contributed by atoms with Gasteiger partial charge in [0.15, 0.2) is 17.5 Å². The Morgan fingerprint density at radius 1 is 1.09 bits per heavy atom. The SMILES string of the molecule is CN=C(NCC(C)(C)c1ccc2c(c1)OCCO2)N1CCC(OCC2CCCCO2)CC1.I. The number of likely N-dealkylation sites (tertiary alicyclic amines) is 1. The van der Waals surface area contributed by atoms with Crippen molar-refractivity contribution in [2.45, 2.75) is 63.6 Å². The van der Waals surface area contributed by atoms with E-state index in [0.29, 0.717) is 25.4 Å². The van der Waals surface area contributed by atoms with Crippen LogP contribution in [0.15, 0.2) is 23.2 Å². The van der Waals surface area contributed by atoms with Crippen LogP contribution in [0.3, 0.4) is 0 Å². The molecule has 0 bridgehead atoms. The minimum Gasteiger partial charge on any atom is -0.486 e. The van der Waals surface area contributed by atoms with Crippen molar-refractivity contribution in [2.75, 3.05) is 53.1 Å². The first kappa shape index (κ1) is 26.3. The fourth-order valence-corrected chi connectivity index (χ4v) is 4.62. The van der Waals surface area contributed by atoms with Crippen molar-refractivity contribution >= 4 is 29.9 Å². The summed E-state index contributed by atoms with van der Waals surface area (Å²) >= 11 is 0. The maximum atomic E-state index is 6.17. The van der Waals surface area contributed by atoms with E-state index >= 15 is 0 Å². The van der Waals surface area contributed by atoms with Gasteiger partial charge in [0.25, 0.3) is 0 Å². The van der Waals surface area contributed by atoms with Crippen LogP contribution in [-0.4, -0.2) is 76.2 Å². The van der Waals surface area contributed by atoms with Crippen molar-refractivity contribution in [3.05, 3.63) is 23.8 Å². The number of aliphatic imine (C=N–C) groups is 1. The van der Waals surface area contributed by atoms with E-state index < -0.39 is 0 Å². The molecule has 0 spiro atoms. The highest BCUT2D eigenvalue weighted by atomic mass is 127. The van der Waals surface area contributed by atoms with Crippen LogP contribution in [0.2, 0.25) is 0 Å². The molecule has 0 aromatic heterocycles. The van der Waals surface area contributed by atoms with Gasteiger partial charge < -0.3 is 29.2 Å². The molecule has 2 fully saturated rings. The first-order chi connectivity index (χ1) is 15.5. The lowest BCUT2D eigenvalue weighted by molar-refractivity contribution is -0.0721. The number of hydrogen-bond acceptors (Lipinski definition) is 5. The van der Waals surface area contributed by atoms with Crippen LogP contribution in [0.25, 0.3) is 0 Å². The van der Waals surface area contributed by atoms with E-state index in [0.717, 1.165) is 69.6 Å². The van der Waals surface area contributed by atoms with E-state index in [-0.39, 0.29) is 29.4 Å². The number of piperidine rings is 1. The zero-order valence-corrected chi connectivity index (χ0v) is 22.6. The molecule has 1 unspecified atom stereocenters. The molecule has 1 aromatic rings. The van der Waals surface area contributed by atoms with Gasteiger partial charge in [0.2, 0.25) is 0 Å². The van der Waals surface area contributed by atoms with Gasteiger partial charge in [-0.25, -0.2) is 0 Å². The van der Waals surface area contributed by atoms with Crippen molar-refractivity contribution in [3.8, 4) is 11.5 Å². The Kier molecular flexibility index (Phi) is 9.94. The van der Waals surface area contributed by atoms with E-state index in [1.54, 1.807) is 0 Å². The molecule has 0 aliphatic carbocycles. The maximum Gasteiger partial charge on any atom is 0.193 e. The molecule has 3 aliphatic rings. The van der Waals surface area contributed by atoms with Crippen molar-refractivity contribution < 1.29 is 18.9 Å². The lowest BCUT2D eigenvalue weighted by Gasteiger charge is -2.36. The lowest BCUT2D eigenvalue weighted by atomic mass is 9.84. The highest BCUT2D eigenvalue weighted by Crippen LogP contribution is 2.35. The van der Waals surface area contributed by atoms with E-state index in [1.165, 1.54) is 18.4 Å². The number of ether oxygens (including phenoxy) is 4. The second-order valence-electron chi connectivity index (χ2n) is 9.65. The number of benzene rings is 1. The largest absolute Gasteiger partial charge is 0.486 e.